The summed E-state index contributed by atoms with van der Waals surface area (Å²) in [6.07, 6.45) is 5.16. The van der Waals surface area contributed by atoms with Gasteiger partial charge in [-0.3, -0.25) is 4.79 Å². The second-order valence-corrected chi connectivity index (χ2v) is 7.57. The number of ether oxygens (including phenoxy) is 1. The maximum Gasteiger partial charge on any atom is 0.224 e. The molecule has 0 saturated heterocycles. The lowest BCUT2D eigenvalue weighted by molar-refractivity contribution is -0.120. The van der Waals surface area contributed by atoms with Gasteiger partial charge in [-0.15, -0.1) is 0 Å². The summed E-state index contributed by atoms with van der Waals surface area (Å²) in [6, 6.07) is 14.0. The number of H-pyrrole nitrogens is 1. The van der Waals surface area contributed by atoms with Crippen molar-refractivity contribution in [2.24, 2.45) is 0 Å². The van der Waals surface area contributed by atoms with Gasteiger partial charge in [0.05, 0.1) is 13.0 Å². The first-order valence-electron chi connectivity index (χ1n) is 9.73. The summed E-state index contributed by atoms with van der Waals surface area (Å²) in [4.78, 5) is 15.8. The molecule has 0 aliphatic rings. The standard InChI is InChI=1S/C23H24ClN3O2/c1-29-11-10-27-15-17(19-4-2-3-5-22(19)27)12-23(28)25-9-8-16-14-26-21-7-6-18(24)13-20(16)21/h2-7,13-15,26H,8-12H2,1H3,(H,25,28). The number of nitrogens with zero attached hydrogens (tertiary/aromatic N) is 1. The predicted molar refractivity (Wildman–Crippen MR) is 118 cm³/mol. The van der Waals surface area contributed by atoms with Crippen molar-refractivity contribution in [2.75, 3.05) is 20.3 Å². The average molecular weight is 410 g/mol. The fourth-order valence-corrected chi connectivity index (χ4v) is 3.94. The fraction of sp³-hybridized carbons (Fsp3) is 0.261. The van der Waals surface area contributed by atoms with E-state index in [4.69, 9.17) is 16.3 Å². The van der Waals surface area contributed by atoms with Gasteiger partial charge in [0.2, 0.25) is 5.91 Å². The number of hydrogen-bond acceptors (Lipinski definition) is 2. The van der Waals surface area contributed by atoms with E-state index in [2.05, 4.69) is 33.2 Å². The van der Waals surface area contributed by atoms with E-state index >= 15 is 0 Å². The molecule has 0 fully saturated rings. The van der Waals surface area contributed by atoms with Gasteiger partial charge in [0, 0.05) is 59.4 Å². The van der Waals surface area contributed by atoms with Crippen LogP contribution in [0.4, 0.5) is 0 Å². The van der Waals surface area contributed by atoms with Crippen LogP contribution in [-0.4, -0.2) is 35.7 Å². The van der Waals surface area contributed by atoms with E-state index in [9.17, 15) is 4.79 Å². The third kappa shape index (κ3) is 4.31. The highest BCUT2D eigenvalue weighted by Gasteiger charge is 2.12. The molecule has 0 bridgehead atoms. The molecule has 0 saturated carbocycles. The highest BCUT2D eigenvalue weighted by Crippen LogP contribution is 2.23. The van der Waals surface area contributed by atoms with Crippen molar-refractivity contribution >= 4 is 39.3 Å². The van der Waals surface area contributed by atoms with Gasteiger partial charge in [-0.25, -0.2) is 0 Å². The number of amides is 1. The average Bonchev–Trinajstić information content (AvgIpc) is 3.28. The molecule has 2 aromatic carbocycles. The van der Waals surface area contributed by atoms with Gasteiger partial charge in [0.15, 0.2) is 0 Å². The number of nitrogens with one attached hydrogen (secondary N) is 2. The molecule has 0 radical (unpaired) electrons. The number of aromatic nitrogens is 2. The zero-order valence-electron chi connectivity index (χ0n) is 16.4. The monoisotopic (exact) mass is 409 g/mol. The highest BCUT2D eigenvalue weighted by atomic mass is 35.5. The third-order valence-corrected chi connectivity index (χ3v) is 5.44. The van der Waals surface area contributed by atoms with E-state index in [1.165, 1.54) is 0 Å². The van der Waals surface area contributed by atoms with Gasteiger partial charge in [-0.2, -0.15) is 0 Å². The van der Waals surface area contributed by atoms with Crippen molar-refractivity contribution in [3.63, 3.8) is 0 Å². The molecule has 0 spiro atoms. The topological polar surface area (TPSA) is 59.0 Å². The summed E-state index contributed by atoms with van der Waals surface area (Å²) < 4.78 is 7.35. The number of fused-ring (bicyclic) bond motifs is 2. The first kappa shape index (κ1) is 19.6. The van der Waals surface area contributed by atoms with Crippen molar-refractivity contribution in [1.29, 1.82) is 0 Å². The molecular formula is C23H24ClN3O2. The van der Waals surface area contributed by atoms with Crippen LogP contribution in [0.15, 0.2) is 54.9 Å². The minimum absolute atomic E-state index is 0.0255. The van der Waals surface area contributed by atoms with Crippen molar-refractivity contribution in [3.8, 4) is 0 Å². The Balaban J connectivity index is 1.40. The maximum absolute atomic E-state index is 12.6. The van der Waals surface area contributed by atoms with E-state index in [0.717, 1.165) is 45.9 Å². The molecule has 2 aromatic heterocycles. The van der Waals surface area contributed by atoms with E-state index in [1.807, 2.05) is 36.5 Å². The lowest BCUT2D eigenvalue weighted by atomic mass is 10.1. The zero-order valence-corrected chi connectivity index (χ0v) is 17.1. The van der Waals surface area contributed by atoms with E-state index < -0.39 is 0 Å². The van der Waals surface area contributed by atoms with Gasteiger partial charge >= 0.3 is 0 Å². The molecule has 2 heterocycles. The molecule has 5 nitrogen and oxygen atoms in total. The molecule has 29 heavy (non-hydrogen) atoms. The molecule has 0 unspecified atom stereocenters. The van der Waals surface area contributed by atoms with Crippen LogP contribution in [0.2, 0.25) is 5.02 Å². The Hall–Kier alpha value is -2.76. The Labute approximate surface area is 174 Å². The van der Waals surface area contributed by atoms with Crippen LogP contribution < -0.4 is 5.32 Å². The van der Waals surface area contributed by atoms with Crippen LogP contribution in [0.25, 0.3) is 21.8 Å². The number of benzene rings is 2. The number of para-hydroxylation sites is 1. The number of methoxy groups -OCH3 is 1. The fourth-order valence-electron chi connectivity index (χ4n) is 3.77. The summed E-state index contributed by atoms with van der Waals surface area (Å²) in [5.74, 6) is 0.0255. The van der Waals surface area contributed by atoms with Crippen molar-refractivity contribution in [2.45, 2.75) is 19.4 Å². The van der Waals surface area contributed by atoms with Crippen molar-refractivity contribution in [1.82, 2.24) is 14.9 Å². The molecule has 1 amide bonds. The number of carbonyl (C=O) groups excluding carboxylic acids is 1. The number of carbonyl (C=O) groups is 1. The predicted octanol–water partition coefficient (Wildman–Crippen LogP) is 4.32. The summed E-state index contributed by atoms with van der Waals surface area (Å²) in [7, 11) is 1.70. The smallest absolute Gasteiger partial charge is 0.224 e. The Morgan fingerprint density at radius 3 is 2.90 bits per heavy atom. The van der Waals surface area contributed by atoms with E-state index in [0.29, 0.717) is 24.6 Å². The van der Waals surface area contributed by atoms with Crippen LogP contribution in [0.1, 0.15) is 11.1 Å². The van der Waals surface area contributed by atoms with Gasteiger partial charge in [-0.1, -0.05) is 29.8 Å². The van der Waals surface area contributed by atoms with Crippen LogP contribution in [0, 0.1) is 0 Å². The minimum Gasteiger partial charge on any atom is -0.383 e. The first-order chi connectivity index (χ1) is 14.2. The van der Waals surface area contributed by atoms with Crippen LogP contribution in [0.3, 0.4) is 0 Å². The minimum atomic E-state index is 0.0255. The molecule has 2 N–H and O–H groups in total. The molecule has 4 aromatic rings. The number of halogens is 1. The summed E-state index contributed by atoms with van der Waals surface area (Å²) in [5.41, 5.74) is 4.37. The van der Waals surface area contributed by atoms with Gasteiger partial charge in [-0.05, 0) is 41.8 Å². The van der Waals surface area contributed by atoms with E-state index in [1.54, 1.807) is 7.11 Å². The SMILES string of the molecule is COCCn1cc(CC(=O)NCCc2c[nH]c3ccc(Cl)cc23)c2ccccc21. The molecule has 0 aliphatic carbocycles. The molecule has 4 rings (SSSR count). The van der Waals surface area contributed by atoms with Crippen molar-refractivity contribution in [3.05, 3.63) is 71.0 Å². The second kappa shape index (κ2) is 8.72. The normalized spacial score (nSPS) is 11.4. The Kier molecular flexibility index (Phi) is 5.88. The lowest BCUT2D eigenvalue weighted by Gasteiger charge is -2.05. The molecule has 0 atom stereocenters. The maximum atomic E-state index is 12.6. The summed E-state index contributed by atoms with van der Waals surface area (Å²) in [5, 5.41) is 5.98. The highest BCUT2D eigenvalue weighted by molar-refractivity contribution is 6.31. The van der Waals surface area contributed by atoms with Crippen LogP contribution >= 0.6 is 11.6 Å². The molecule has 150 valence electrons. The molecule has 6 heteroatoms. The Bertz CT molecular complexity index is 1150. The molecular weight excluding hydrogens is 386 g/mol. The van der Waals surface area contributed by atoms with Gasteiger partial charge < -0.3 is 19.6 Å². The summed E-state index contributed by atoms with van der Waals surface area (Å²) >= 11 is 6.11. The Morgan fingerprint density at radius 2 is 2.03 bits per heavy atom. The first-order valence-corrected chi connectivity index (χ1v) is 10.1. The zero-order chi connectivity index (χ0) is 20.2. The number of aromatic amines is 1. The van der Waals surface area contributed by atoms with Gasteiger partial charge in [0.25, 0.3) is 0 Å². The van der Waals surface area contributed by atoms with Crippen LogP contribution in [-0.2, 0) is 28.9 Å². The van der Waals surface area contributed by atoms with Crippen LogP contribution in [0.5, 0.6) is 0 Å². The lowest BCUT2D eigenvalue weighted by Crippen LogP contribution is -2.27. The van der Waals surface area contributed by atoms with E-state index in [-0.39, 0.29) is 5.91 Å². The third-order valence-electron chi connectivity index (χ3n) is 5.20. The van der Waals surface area contributed by atoms with Crippen molar-refractivity contribution < 1.29 is 9.53 Å². The van der Waals surface area contributed by atoms with Gasteiger partial charge in [0.1, 0.15) is 0 Å². The largest absolute Gasteiger partial charge is 0.383 e. The molecule has 0 aliphatic heterocycles. The second-order valence-electron chi connectivity index (χ2n) is 7.14. The number of hydrogen-bond donors (Lipinski definition) is 2. The quantitative estimate of drug-likeness (QED) is 0.455. The number of rotatable bonds is 8. The summed E-state index contributed by atoms with van der Waals surface area (Å²) in [6.45, 7) is 1.99. The Morgan fingerprint density at radius 1 is 1.17 bits per heavy atom.